The third-order valence-corrected chi connectivity index (χ3v) is 13.6. The number of hydrogen-bond acceptors (Lipinski definition) is 14. The first-order valence-electron chi connectivity index (χ1n) is 22.5. The Hall–Kier alpha value is -5.84. The van der Waals surface area contributed by atoms with Crippen LogP contribution in [0.3, 0.4) is 0 Å². The van der Waals surface area contributed by atoms with Gasteiger partial charge in [0.25, 0.3) is 12.5 Å². The quantitative estimate of drug-likeness (QED) is 0.0803. The number of isocyanates is 2. The number of unbranched alkanes of at least 4 members (excludes halogenated alkanes) is 6. The molecule has 9 unspecified atom stereocenters. The maximum Gasteiger partial charge on any atom is 0.336 e. The summed E-state index contributed by atoms with van der Waals surface area (Å²) in [4.78, 5) is 113. The highest BCUT2D eigenvalue weighted by molar-refractivity contribution is 5.33. The molecule has 3 saturated carbocycles. The summed E-state index contributed by atoms with van der Waals surface area (Å²) < 4.78 is 17.3. The second kappa shape index (κ2) is 23.0. The standard InChI is InChI=1S/C43H60N10O10/c1-29-12-14-33(23-35(29)47-28-55)51-39(57)48(19-9-5-4-8-18-46-27-54)38(56)49(40(51)58)20-10-6-7-11-21-50-41(59)52(32-16-17-36(62-25-44)31(3)22-32)43(61)53(42(50)60)34-15-13-30(2)37(24-34)63-26-45/h29-37H,4-24H2,1-3H3. The van der Waals surface area contributed by atoms with Crippen molar-refractivity contribution in [1.29, 1.82) is 10.5 Å². The molecule has 0 aromatic carbocycles. The summed E-state index contributed by atoms with van der Waals surface area (Å²) in [7, 11) is 0. The van der Waals surface area contributed by atoms with E-state index in [0.29, 0.717) is 96.4 Å². The predicted molar refractivity (Wildman–Crippen MR) is 227 cm³/mol. The Morgan fingerprint density at radius 3 is 1.49 bits per heavy atom. The fourth-order valence-electron chi connectivity index (χ4n) is 9.84. The van der Waals surface area contributed by atoms with Crippen LogP contribution in [0.15, 0.2) is 38.8 Å². The van der Waals surface area contributed by atoms with Gasteiger partial charge >= 0.3 is 34.1 Å². The fraction of sp³-hybridized carbons (Fsp3) is 0.767. The monoisotopic (exact) mass is 876 g/mol. The van der Waals surface area contributed by atoms with E-state index >= 15 is 0 Å². The molecule has 0 saturated heterocycles. The topological polar surface area (TPSA) is 257 Å². The summed E-state index contributed by atoms with van der Waals surface area (Å²) in [6.45, 7) is 6.24. The molecule has 20 heteroatoms. The number of ether oxygens (including phenoxy) is 2. The van der Waals surface area contributed by atoms with Gasteiger partial charge < -0.3 is 9.47 Å². The third-order valence-electron chi connectivity index (χ3n) is 13.6. The van der Waals surface area contributed by atoms with Crippen LogP contribution in [0, 0.1) is 40.8 Å². The zero-order chi connectivity index (χ0) is 45.6. The highest BCUT2D eigenvalue weighted by atomic mass is 16.5. The van der Waals surface area contributed by atoms with Crippen molar-refractivity contribution in [2.45, 2.75) is 186 Å². The first-order chi connectivity index (χ1) is 30.4. The molecule has 63 heavy (non-hydrogen) atoms. The molecule has 0 spiro atoms. The van der Waals surface area contributed by atoms with Crippen molar-refractivity contribution < 1.29 is 19.1 Å². The number of aromatic nitrogens is 6. The van der Waals surface area contributed by atoms with Crippen LogP contribution < -0.4 is 34.1 Å². The van der Waals surface area contributed by atoms with Crippen molar-refractivity contribution >= 4 is 12.2 Å². The average Bonchev–Trinajstić information content (AvgIpc) is 3.25. The average molecular weight is 877 g/mol. The van der Waals surface area contributed by atoms with E-state index in [1.54, 1.807) is 18.6 Å². The molecular formula is C43H60N10O10. The van der Waals surface area contributed by atoms with Gasteiger partial charge in [-0.15, -0.1) is 0 Å². The van der Waals surface area contributed by atoms with Gasteiger partial charge in [-0.1, -0.05) is 46.5 Å². The van der Waals surface area contributed by atoms with Crippen molar-refractivity contribution in [3.63, 3.8) is 0 Å². The van der Waals surface area contributed by atoms with Gasteiger partial charge in [-0.2, -0.15) is 10.5 Å². The van der Waals surface area contributed by atoms with Crippen LogP contribution in [0.1, 0.15) is 148 Å². The van der Waals surface area contributed by atoms with Crippen LogP contribution in [0.25, 0.3) is 0 Å². The summed E-state index contributed by atoms with van der Waals surface area (Å²) >= 11 is 0. The molecule has 0 amide bonds. The van der Waals surface area contributed by atoms with Crippen molar-refractivity contribution in [2.75, 3.05) is 6.54 Å². The van der Waals surface area contributed by atoms with Gasteiger partial charge in [-0.25, -0.2) is 75.7 Å². The molecule has 2 aromatic heterocycles. The van der Waals surface area contributed by atoms with E-state index in [-0.39, 0.29) is 56.3 Å². The molecule has 0 aliphatic heterocycles. The number of aliphatic imine (C=N–C) groups is 2. The van der Waals surface area contributed by atoms with Gasteiger partial charge in [0, 0.05) is 44.2 Å². The lowest BCUT2D eigenvalue weighted by atomic mass is 9.83. The summed E-state index contributed by atoms with van der Waals surface area (Å²) in [5, 5.41) is 18.4. The second-order valence-electron chi connectivity index (χ2n) is 17.7. The maximum atomic E-state index is 14.2. The maximum absolute atomic E-state index is 14.2. The van der Waals surface area contributed by atoms with E-state index in [4.69, 9.17) is 14.7 Å². The lowest BCUT2D eigenvalue weighted by Gasteiger charge is -2.35. The van der Waals surface area contributed by atoms with Crippen LogP contribution in [0.2, 0.25) is 0 Å². The van der Waals surface area contributed by atoms with Gasteiger partial charge in [0.15, 0.2) is 0 Å². The molecule has 342 valence electrons. The highest BCUT2D eigenvalue weighted by Gasteiger charge is 2.37. The SMILES string of the molecule is CC1CCC(n2c(=O)n(CCCCCCN=C=O)c(=O)n(CCCCCCn3c(=O)n(C4CCC(OC#N)C(C)C4)c(=O)n(C4CCC(C)C(OC#N)C4)c3=O)c2=O)CC1N=C=O. The molecule has 2 aromatic rings. The highest BCUT2D eigenvalue weighted by Crippen LogP contribution is 2.35. The molecule has 20 nitrogen and oxygen atoms in total. The number of rotatable bonds is 20. The lowest BCUT2D eigenvalue weighted by molar-refractivity contribution is 0.0437. The minimum Gasteiger partial charge on any atom is -0.424 e. The van der Waals surface area contributed by atoms with E-state index in [2.05, 4.69) is 9.98 Å². The Kier molecular flexibility index (Phi) is 17.6. The molecule has 2 heterocycles. The third kappa shape index (κ3) is 11.4. The van der Waals surface area contributed by atoms with Crippen molar-refractivity contribution in [1.82, 2.24) is 27.4 Å². The first kappa shape index (κ1) is 48.2. The smallest absolute Gasteiger partial charge is 0.336 e. The second-order valence-corrected chi connectivity index (χ2v) is 17.7. The fourth-order valence-corrected chi connectivity index (χ4v) is 9.84. The predicted octanol–water partition coefficient (Wildman–Crippen LogP) is 3.33. The molecule has 3 aliphatic rings. The first-order valence-corrected chi connectivity index (χ1v) is 22.5. The lowest BCUT2D eigenvalue weighted by Crippen LogP contribution is -2.57. The molecule has 5 rings (SSSR count). The van der Waals surface area contributed by atoms with Crippen LogP contribution in [-0.4, -0.2) is 64.4 Å². The minimum absolute atomic E-state index is 0.00526. The number of nitriles is 2. The molecule has 0 radical (unpaired) electrons. The van der Waals surface area contributed by atoms with Crippen LogP contribution in [-0.2, 0) is 38.7 Å². The van der Waals surface area contributed by atoms with E-state index in [9.17, 15) is 43.6 Å². The largest absolute Gasteiger partial charge is 0.424 e. The number of hydrogen-bond donors (Lipinski definition) is 0. The van der Waals surface area contributed by atoms with E-state index in [0.717, 1.165) is 29.3 Å². The summed E-state index contributed by atoms with van der Waals surface area (Å²) in [5.74, 6) is -0.0520. The van der Waals surface area contributed by atoms with Gasteiger partial charge in [0.1, 0.15) is 12.2 Å². The van der Waals surface area contributed by atoms with E-state index in [1.165, 1.54) is 10.6 Å². The zero-order valence-corrected chi connectivity index (χ0v) is 36.6. The number of carbonyl (C=O) groups excluding carboxylic acids is 2. The Labute approximate surface area is 364 Å². The van der Waals surface area contributed by atoms with Gasteiger partial charge in [-0.05, 0) is 94.8 Å². The van der Waals surface area contributed by atoms with Gasteiger partial charge in [0.05, 0.1) is 12.6 Å². The van der Waals surface area contributed by atoms with Crippen LogP contribution in [0.4, 0.5) is 0 Å². The van der Waals surface area contributed by atoms with Crippen molar-refractivity contribution in [3.8, 4) is 12.5 Å². The van der Waals surface area contributed by atoms with E-state index < -0.39 is 64.4 Å². The molecule has 3 aliphatic carbocycles. The van der Waals surface area contributed by atoms with Gasteiger partial charge in [0.2, 0.25) is 12.2 Å². The summed E-state index contributed by atoms with van der Waals surface area (Å²) in [6, 6.07) is -2.11. The van der Waals surface area contributed by atoms with Gasteiger partial charge in [-0.3, -0.25) is 0 Å². The van der Waals surface area contributed by atoms with Crippen LogP contribution in [0.5, 0.6) is 0 Å². The Morgan fingerprint density at radius 1 is 0.508 bits per heavy atom. The molecular weight excluding hydrogens is 817 g/mol. The Morgan fingerprint density at radius 2 is 0.968 bits per heavy atom. The zero-order valence-electron chi connectivity index (χ0n) is 36.6. The van der Waals surface area contributed by atoms with Crippen LogP contribution >= 0.6 is 0 Å². The summed E-state index contributed by atoms with van der Waals surface area (Å²) in [5.41, 5.74) is -4.29. The molecule has 3 fully saturated rings. The normalized spacial score (nSPS) is 25.8. The Bertz CT molecular complexity index is 2460. The molecule has 9 atom stereocenters. The summed E-state index contributed by atoms with van der Waals surface area (Å²) in [6.07, 6.45) is 14.0. The minimum atomic E-state index is -0.729. The molecule has 0 N–H and O–H groups in total. The Balaban J connectivity index is 1.35. The number of nitrogens with zero attached hydrogens (tertiary/aromatic N) is 10. The van der Waals surface area contributed by atoms with Crippen molar-refractivity contribution in [2.24, 2.45) is 27.7 Å². The van der Waals surface area contributed by atoms with Crippen molar-refractivity contribution in [3.05, 3.63) is 62.9 Å². The van der Waals surface area contributed by atoms with E-state index in [1.807, 2.05) is 20.8 Å². The molecule has 0 bridgehead atoms.